The maximum absolute atomic E-state index is 11.8. The SMILES string of the molecule is N[C@@H](CS)C(=O)NCCCC(=O)N[C@H]1C(O)O[C@H](CO)[C@@H](O)[C@@H]1O. The topological polar surface area (TPSA) is 174 Å². The van der Waals surface area contributed by atoms with Crippen molar-refractivity contribution in [2.45, 2.75) is 49.5 Å². The highest BCUT2D eigenvalue weighted by Gasteiger charge is 2.44. The van der Waals surface area contributed by atoms with Crippen LogP contribution >= 0.6 is 12.6 Å². The van der Waals surface area contributed by atoms with Crippen LogP contribution in [-0.2, 0) is 14.3 Å². The van der Waals surface area contributed by atoms with E-state index in [0.717, 1.165) is 0 Å². The van der Waals surface area contributed by atoms with E-state index in [0.29, 0.717) is 6.42 Å². The average molecular weight is 367 g/mol. The van der Waals surface area contributed by atoms with E-state index in [2.05, 4.69) is 23.3 Å². The number of carbonyl (C=O) groups is 2. The van der Waals surface area contributed by atoms with E-state index in [4.69, 9.17) is 15.6 Å². The molecule has 1 aliphatic rings. The Bertz CT molecular complexity index is 428. The Kier molecular flexibility index (Phi) is 8.91. The fourth-order valence-corrected chi connectivity index (χ4v) is 2.35. The molecule has 8 N–H and O–H groups in total. The molecule has 0 bridgehead atoms. The van der Waals surface area contributed by atoms with Gasteiger partial charge in [0.1, 0.15) is 24.4 Å². The minimum atomic E-state index is -1.56. The number of thiol groups is 1. The number of nitrogens with two attached hydrogens (primary N) is 1. The Morgan fingerprint density at radius 2 is 1.92 bits per heavy atom. The molecule has 1 saturated heterocycles. The zero-order chi connectivity index (χ0) is 18.3. The van der Waals surface area contributed by atoms with Gasteiger partial charge in [-0.15, -0.1) is 0 Å². The number of rotatable bonds is 8. The molecule has 0 radical (unpaired) electrons. The molecule has 0 aliphatic carbocycles. The zero-order valence-corrected chi connectivity index (χ0v) is 13.9. The fourth-order valence-electron chi connectivity index (χ4n) is 2.19. The van der Waals surface area contributed by atoms with Gasteiger partial charge in [-0.1, -0.05) is 0 Å². The summed E-state index contributed by atoms with van der Waals surface area (Å²) in [5.74, 6) is -0.653. The summed E-state index contributed by atoms with van der Waals surface area (Å²) in [6, 6.07) is -1.93. The summed E-state index contributed by atoms with van der Waals surface area (Å²) in [5.41, 5.74) is 5.47. The van der Waals surface area contributed by atoms with Gasteiger partial charge in [0.05, 0.1) is 12.6 Å². The van der Waals surface area contributed by atoms with Crippen LogP contribution in [0.15, 0.2) is 0 Å². The Morgan fingerprint density at radius 3 is 2.50 bits per heavy atom. The van der Waals surface area contributed by atoms with E-state index in [1.807, 2.05) is 0 Å². The van der Waals surface area contributed by atoms with Crippen molar-refractivity contribution in [2.24, 2.45) is 5.73 Å². The molecule has 140 valence electrons. The molecular weight excluding hydrogens is 342 g/mol. The second-order valence-corrected chi connectivity index (χ2v) is 5.87. The van der Waals surface area contributed by atoms with E-state index < -0.39 is 49.2 Å². The Morgan fingerprint density at radius 1 is 1.25 bits per heavy atom. The van der Waals surface area contributed by atoms with Gasteiger partial charge < -0.3 is 41.5 Å². The highest BCUT2D eigenvalue weighted by Crippen LogP contribution is 2.19. The predicted molar refractivity (Wildman–Crippen MR) is 86.0 cm³/mol. The predicted octanol–water partition coefficient (Wildman–Crippen LogP) is -3.94. The third-order valence-corrected chi connectivity index (χ3v) is 4.03. The van der Waals surface area contributed by atoms with Crippen LogP contribution in [0.3, 0.4) is 0 Å². The van der Waals surface area contributed by atoms with Gasteiger partial charge in [0.2, 0.25) is 11.8 Å². The van der Waals surface area contributed by atoms with Crippen LogP contribution in [-0.4, -0.2) is 87.8 Å². The molecule has 1 unspecified atom stereocenters. The lowest BCUT2D eigenvalue weighted by molar-refractivity contribution is -0.253. The van der Waals surface area contributed by atoms with Crippen molar-refractivity contribution in [3.05, 3.63) is 0 Å². The van der Waals surface area contributed by atoms with Gasteiger partial charge in [0.15, 0.2) is 6.29 Å². The minimum absolute atomic E-state index is 0.0197. The zero-order valence-electron chi connectivity index (χ0n) is 13.0. The largest absolute Gasteiger partial charge is 0.394 e. The van der Waals surface area contributed by atoms with Crippen LogP contribution in [0.4, 0.5) is 0 Å². The van der Waals surface area contributed by atoms with Crippen LogP contribution in [0.5, 0.6) is 0 Å². The maximum Gasteiger partial charge on any atom is 0.237 e. The van der Waals surface area contributed by atoms with Crippen molar-refractivity contribution in [1.82, 2.24) is 10.6 Å². The van der Waals surface area contributed by atoms with Crippen LogP contribution in [0.25, 0.3) is 0 Å². The normalized spacial score (nSPS) is 31.3. The lowest BCUT2D eigenvalue weighted by atomic mass is 9.97. The summed E-state index contributed by atoms with van der Waals surface area (Å²) in [7, 11) is 0. The summed E-state index contributed by atoms with van der Waals surface area (Å²) >= 11 is 3.90. The van der Waals surface area contributed by atoms with E-state index in [1.54, 1.807) is 0 Å². The number of carbonyl (C=O) groups excluding carboxylic acids is 2. The molecule has 24 heavy (non-hydrogen) atoms. The monoisotopic (exact) mass is 367 g/mol. The average Bonchev–Trinajstić information content (AvgIpc) is 2.57. The molecule has 1 heterocycles. The van der Waals surface area contributed by atoms with Crippen molar-refractivity contribution < 1.29 is 34.8 Å². The first kappa shape index (κ1) is 21.1. The van der Waals surface area contributed by atoms with Crippen molar-refractivity contribution in [2.75, 3.05) is 18.9 Å². The summed E-state index contributed by atoms with van der Waals surface area (Å²) in [5, 5.41) is 43.2. The molecule has 0 aromatic carbocycles. The molecule has 10 nitrogen and oxygen atoms in total. The quantitative estimate of drug-likeness (QED) is 0.158. The maximum atomic E-state index is 11.8. The summed E-state index contributed by atoms with van der Waals surface area (Å²) in [6.07, 6.45) is -5.27. The lowest BCUT2D eigenvalue weighted by Crippen LogP contribution is -2.64. The number of ether oxygens (including phenoxy) is 1. The van der Waals surface area contributed by atoms with Gasteiger partial charge in [-0.3, -0.25) is 9.59 Å². The molecule has 0 saturated carbocycles. The highest BCUT2D eigenvalue weighted by atomic mass is 32.1. The smallest absolute Gasteiger partial charge is 0.237 e. The van der Waals surface area contributed by atoms with Gasteiger partial charge in [0.25, 0.3) is 0 Å². The number of aliphatic hydroxyl groups excluding tert-OH is 4. The van der Waals surface area contributed by atoms with E-state index in [-0.39, 0.29) is 24.6 Å². The van der Waals surface area contributed by atoms with E-state index in [1.165, 1.54) is 0 Å². The number of hydrogen-bond acceptors (Lipinski definition) is 9. The second kappa shape index (κ2) is 10.1. The second-order valence-electron chi connectivity index (χ2n) is 5.51. The standard InChI is InChI=1S/C13H25N3O7S/c14-6(5-24)12(21)15-3-1-2-8(18)16-9-11(20)10(19)7(4-17)23-13(9)22/h6-7,9-11,13,17,19-20,22,24H,1-5,14H2,(H,15,21)(H,16,18)/t6-,7+,9+,10+,11+,13?/m0/s1. The molecule has 1 rings (SSSR count). The summed E-state index contributed by atoms with van der Waals surface area (Å²) in [6.45, 7) is -0.348. The molecule has 2 amide bonds. The number of hydrogen-bond donors (Lipinski definition) is 8. The molecular formula is C13H25N3O7S. The van der Waals surface area contributed by atoms with Crippen LogP contribution in [0.1, 0.15) is 12.8 Å². The Balaban J connectivity index is 2.35. The first-order valence-electron chi connectivity index (χ1n) is 7.55. The fraction of sp³-hybridized carbons (Fsp3) is 0.846. The van der Waals surface area contributed by atoms with Gasteiger partial charge in [-0.25, -0.2) is 0 Å². The molecule has 0 spiro atoms. The molecule has 6 atom stereocenters. The Hall–Kier alpha value is -0.950. The third kappa shape index (κ3) is 5.84. The Labute approximate surface area is 144 Å². The van der Waals surface area contributed by atoms with E-state index >= 15 is 0 Å². The first-order valence-corrected chi connectivity index (χ1v) is 8.19. The van der Waals surface area contributed by atoms with Crippen LogP contribution < -0.4 is 16.4 Å². The highest BCUT2D eigenvalue weighted by molar-refractivity contribution is 7.80. The van der Waals surface area contributed by atoms with Crippen molar-refractivity contribution in [3.63, 3.8) is 0 Å². The van der Waals surface area contributed by atoms with Gasteiger partial charge in [-0.05, 0) is 6.42 Å². The van der Waals surface area contributed by atoms with Crippen molar-refractivity contribution in [3.8, 4) is 0 Å². The van der Waals surface area contributed by atoms with Crippen molar-refractivity contribution >= 4 is 24.4 Å². The summed E-state index contributed by atoms with van der Waals surface area (Å²) in [4.78, 5) is 23.2. The van der Waals surface area contributed by atoms with Crippen LogP contribution in [0, 0.1) is 0 Å². The van der Waals surface area contributed by atoms with Gasteiger partial charge in [-0.2, -0.15) is 12.6 Å². The molecule has 1 fully saturated rings. The van der Waals surface area contributed by atoms with Crippen LogP contribution in [0.2, 0.25) is 0 Å². The van der Waals surface area contributed by atoms with Crippen molar-refractivity contribution in [1.29, 1.82) is 0 Å². The summed E-state index contributed by atoms with van der Waals surface area (Å²) < 4.78 is 4.93. The molecule has 0 aromatic heterocycles. The molecule has 1 aliphatic heterocycles. The minimum Gasteiger partial charge on any atom is -0.394 e. The number of aliphatic hydroxyl groups is 4. The van der Waals surface area contributed by atoms with Gasteiger partial charge in [0, 0.05) is 18.7 Å². The van der Waals surface area contributed by atoms with Gasteiger partial charge >= 0.3 is 0 Å². The number of amides is 2. The first-order chi connectivity index (χ1) is 11.3. The van der Waals surface area contributed by atoms with E-state index in [9.17, 15) is 24.9 Å². The number of nitrogens with one attached hydrogen (secondary N) is 2. The third-order valence-electron chi connectivity index (χ3n) is 3.64. The molecule has 11 heteroatoms. The lowest BCUT2D eigenvalue weighted by Gasteiger charge is -2.40. The molecule has 0 aromatic rings.